The molecule has 0 bridgehead atoms. The van der Waals surface area contributed by atoms with Gasteiger partial charge in [0.2, 0.25) is 0 Å². The van der Waals surface area contributed by atoms with Crippen molar-refractivity contribution in [1.82, 2.24) is 4.98 Å². The smallest absolute Gasteiger partial charge is 0.143 e. The number of pyridine rings is 1. The van der Waals surface area contributed by atoms with Crippen molar-refractivity contribution in [3.05, 3.63) is 24.0 Å². The molecule has 5 heteroatoms. The molecule has 1 fully saturated rings. The maximum absolute atomic E-state index is 9.06. The van der Waals surface area contributed by atoms with E-state index in [9.17, 15) is 0 Å². The van der Waals surface area contributed by atoms with Crippen molar-refractivity contribution >= 4 is 11.5 Å². The normalized spacial score (nSPS) is 14.8. The Hall–Kier alpha value is -1.62. The number of nitrogens with zero attached hydrogens (tertiary/aromatic N) is 2. The summed E-state index contributed by atoms with van der Waals surface area (Å²) in [6.07, 6.45) is 3.89. The first kappa shape index (κ1) is 10.9. The third-order valence-electron chi connectivity index (χ3n) is 2.68. The molecule has 0 aromatic carbocycles. The zero-order chi connectivity index (χ0) is 11.5. The molecule has 0 unspecified atom stereocenters. The van der Waals surface area contributed by atoms with E-state index in [4.69, 9.17) is 16.2 Å². The van der Waals surface area contributed by atoms with Crippen molar-refractivity contribution in [1.29, 1.82) is 5.41 Å². The van der Waals surface area contributed by atoms with Gasteiger partial charge in [0.25, 0.3) is 0 Å². The van der Waals surface area contributed by atoms with Gasteiger partial charge in [-0.05, 0) is 25.0 Å². The maximum atomic E-state index is 9.06. The Bertz CT molecular complexity index is 389. The molecule has 1 aliphatic rings. The SMILES string of the molecule is N=C(N)c1ncccc1N(CCO)C1CC1. The first-order chi connectivity index (χ1) is 7.74. The molecule has 0 radical (unpaired) electrons. The van der Waals surface area contributed by atoms with E-state index < -0.39 is 0 Å². The van der Waals surface area contributed by atoms with Crippen LogP contribution in [0, 0.1) is 5.41 Å². The summed E-state index contributed by atoms with van der Waals surface area (Å²) in [7, 11) is 0. The number of nitrogens with one attached hydrogen (secondary N) is 1. The van der Waals surface area contributed by atoms with Crippen LogP contribution in [0.1, 0.15) is 18.5 Å². The van der Waals surface area contributed by atoms with Crippen LogP contribution in [0.3, 0.4) is 0 Å². The predicted octanol–water partition coefficient (Wildman–Crippen LogP) is 0.327. The highest BCUT2D eigenvalue weighted by molar-refractivity contribution is 5.98. The number of anilines is 1. The van der Waals surface area contributed by atoms with E-state index in [1.54, 1.807) is 6.20 Å². The summed E-state index contributed by atoms with van der Waals surface area (Å²) in [6, 6.07) is 4.20. The Balaban J connectivity index is 2.32. The van der Waals surface area contributed by atoms with E-state index >= 15 is 0 Å². The second kappa shape index (κ2) is 4.49. The lowest BCUT2D eigenvalue weighted by Gasteiger charge is -2.25. The van der Waals surface area contributed by atoms with Gasteiger partial charge in [0.05, 0.1) is 12.3 Å². The fourth-order valence-corrected chi connectivity index (χ4v) is 1.83. The molecule has 2 rings (SSSR count). The van der Waals surface area contributed by atoms with E-state index in [2.05, 4.69) is 9.88 Å². The first-order valence-electron chi connectivity index (χ1n) is 5.41. The van der Waals surface area contributed by atoms with E-state index in [1.807, 2.05) is 12.1 Å². The molecule has 0 atom stereocenters. The molecule has 1 heterocycles. The minimum Gasteiger partial charge on any atom is -0.395 e. The molecule has 0 amide bonds. The van der Waals surface area contributed by atoms with E-state index in [-0.39, 0.29) is 12.4 Å². The predicted molar refractivity (Wildman–Crippen MR) is 62.7 cm³/mol. The van der Waals surface area contributed by atoms with Crippen molar-refractivity contribution in [3.8, 4) is 0 Å². The van der Waals surface area contributed by atoms with Crippen LogP contribution >= 0.6 is 0 Å². The molecule has 0 saturated heterocycles. The minimum absolute atomic E-state index is 0.0285. The molecule has 16 heavy (non-hydrogen) atoms. The zero-order valence-electron chi connectivity index (χ0n) is 9.06. The van der Waals surface area contributed by atoms with Crippen LogP contribution in [0.4, 0.5) is 5.69 Å². The third kappa shape index (κ3) is 2.14. The van der Waals surface area contributed by atoms with Gasteiger partial charge in [-0.25, -0.2) is 0 Å². The Morgan fingerprint density at radius 3 is 2.94 bits per heavy atom. The first-order valence-corrected chi connectivity index (χ1v) is 5.41. The standard InChI is InChI=1S/C11H16N4O/c12-11(13)10-9(2-1-5-14-10)15(6-7-16)8-3-4-8/h1-2,5,8,16H,3-4,6-7H2,(H3,12,13). The van der Waals surface area contributed by atoms with Gasteiger partial charge in [-0.3, -0.25) is 10.4 Å². The molecule has 0 aliphatic heterocycles. The van der Waals surface area contributed by atoms with Crippen LogP contribution < -0.4 is 10.6 Å². The fourth-order valence-electron chi connectivity index (χ4n) is 1.83. The molecule has 1 aliphatic carbocycles. The van der Waals surface area contributed by atoms with Crippen molar-refractivity contribution in [2.45, 2.75) is 18.9 Å². The number of aromatic nitrogens is 1. The number of aliphatic hydroxyl groups is 1. The second-order valence-corrected chi connectivity index (χ2v) is 3.93. The van der Waals surface area contributed by atoms with Crippen LogP contribution in [0.5, 0.6) is 0 Å². The van der Waals surface area contributed by atoms with Gasteiger partial charge < -0.3 is 15.7 Å². The second-order valence-electron chi connectivity index (χ2n) is 3.93. The topological polar surface area (TPSA) is 86.2 Å². The Kier molecular flexibility index (Phi) is 3.05. The molecule has 0 spiro atoms. The Morgan fingerprint density at radius 2 is 2.38 bits per heavy atom. The number of hydrogen-bond donors (Lipinski definition) is 3. The van der Waals surface area contributed by atoms with Crippen molar-refractivity contribution < 1.29 is 5.11 Å². The van der Waals surface area contributed by atoms with Crippen LogP contribution in [-0.2, 0) is 0 Å². The van der Waals surface area contributed by atoms with Gasteiger partial charge in [-0.1, -0.05) is 0 Å². The van der Waals surface area contributed by atoms with Gasteiger partial charge in [-0.2, -0.15) is 0 Å². The van der Waals surface area contributed by atoms with Crippen LogP contribution in [0.25, 0.3) is 0 Å². The molecule has 1 saturated carbocycles. The largest absolute Gasteiger partial charge is 0.395 e. The summed E-state index contributed by atoms with van der Waals surface area (Å²) in [5, 5.41) is 16.5. The van der Waals surface area contributed by atoms with Crippen molar-refractivity contribution in [3.63, 3.8) is 0 Å². The molecule has 86 valence electrons. The van der Waals surface area contributed by atoms with E-state index in [1.165, 1.54) is 0 Å². The summed E-state index contributed by atoms with van der Waals surface area (Å²) >= 11 is 0. The number of nitrogens with two attached hydrogens (primary N) is 1. The molecule has 4 N–H and O–H groups in total. The monoisotopic (exact) mass is 220 g/mol. The van der Waals surface area contributed by atoms with Gasteiger partial charge in [0.15, 0.2) is 0 Å². The van der Waals surface area contributed by atoms with Gasteiger partial charge in [0.1, 0.15) is 11.5 Å². The van der Waals surface area contributed by atoms with Crippen LogP contribution in [0.15, 0.2) is 18.3 Å². The van der Waals surface area contributed by atoms with Gasteiger partial charge in [0, 0.05) is 18.8 Å². The van der Waals surface area contributed by atoms with Crippen LogP contribution in [-0.4, -0.2) is 35.1 Å². The lowest BCUT2D eigenvalue weighted by atomic mass is 10.2. The number of hydrogen-bond acceptors (Lipinski definition) is 4. The summed E-state index contributed by atoms with van der Waals surface area (Å²) in [6.45, 7) is 0.666. The lowest BCUT2D eigenvalue weighted by Crippen LogP contribution is -2.31. The lowest BCUT2D eigenvalue weighted by molar-refractivity contribution is 0.301. The highest BCUT2D eigenvalue weighted by Gasteiger charge is 2.30. The van der Waals surface area contributed by atoms with E-state index in [0.717, 1.165) is 18.5 Å². The summed E-state index contributed by atoms with van der Waals surface area (Å²) < 4.78 is 0. The molecule has 1 aromatic rings. The molecule has 1 aromatic heterocycles. The summed E-state index contributed by atoms with van der Waals surface area (Å²) in [5.41, 5.74) is 6.86. The third-order valence-corrected chi connectivity index (χ3v) is 2.68. The van der Waals surface area contributed by atoms with Crippen molar-refractivity contribution in [2.24, 2.45) is 5.73 Å². The maximum Gasteiger partial charge on any atom is 0.143 e. The number of nitrogen functional groups attached to an aromatic ring is 1. The fraction of sp³-hybridized carbons (Fsp3) is 0.455. The van der Waals surface area contributed by atoms with Crippen LogP contribution in [0.2, 0.25) is 0 Å². The Morgan fingerprint density at radius 1 is 1.62 bits per heavy atom. The van der Waals surface area contributed by atoms with Crippen molar-refractivity contribution in [2.75, 3.05) is 18.1 Å². The summed E-state index contributed by atoms with van der Waals surface area (Å²) in [4.78, 5) is 6.21. The zero-order valence-corrected chi connectivity index (χ0v) is 9.06. The highest BCUT2D eigenvalue weighted by atomic mass is 16.3. The number of amidine groups is 1. The molecular weight excluding hydrogens is 204 g/mol. The Labute approximate surface area is 94.4 Å². The highest BCUT2D eigenvalue weighted by Crippen LogP contribution is 2.32. The van der Waals surface area contributed by atoms with E-state index in [0.29, 0.717) is 18.3 Å². The van der Waals surface area contributed by atoms with Gasteiger partial charge in [-0.15, -0.1) is 0 Å². The average molecular weight is 220 g/mol. The minimum atomic E-state index is -0.0285. The van der Waals surface area contributed by atoms with Gasteiger partial charge >= 0.3 is 0 Å². The quantitative estimate of drug-likeness (QED) is 0.493. The number of aliphatic hydroxyl groups excluding tert-OH is 1. The molecular formula is C11H16N4O. The molecule has 5 nitrogen and oxygen atoms in total. The summed E-state index contributed by atoms with van der Waals surface area (Å²) in [5.74, 6) is -0.0285. The average Bonchev–Trinajstić information content (AvgIpc) is 3.10. The number of rotatable bonds is 5.